The van der Waals surface area contributed by atoms with Crippen LogP contribution in [0.5, 0.6) is 0 Å². The van der Waals surface area contributed by atoms with Crippen LogP contribution in [-0.4, -0.2) is 17.3 Å². The van der Waals surface area contributed by atoms with Crippen molar-refractivity contribution >= 4 is 17.3 Å². The third-order valence-electron chi connectivity index (χ3n) is 9.70. The number of ketones is 3. The van der Waals surface area contributed by atoms with E-state index >= 15 is 0 Å². The number of hydrogen-bond donors (Lipinski definition) is 0. The van der Waals surface area contributed by atoms with E-state index in [1.165, 1.54) is 12.5 Å². The van der Waals surface area contributed by atoms with Crippen LogP contribution >= 0.6 is 0 Å². The molecule has 36 heavy (non-hydrogen) atoms. The van der Waals surface area contributed by atoms with Crippen LogP contribution in [0.15, 0.2) is 58.7 Å². The molecule has 2 aromatic rings. The van der Waals surface area contributed by atoms with Crippen molar-refractivity contribution in [1.29, 1.82) is 0 Å². The van der Waals surface area contributed by atoms with E-state index in [1.807, 2.05) is 33.8 Å². The second kappa shape index (κ2) is 7.71. The number of aryl methyl sites for hydroxylation is 2. The fourth-order valence-electron chi connectivity index (χ4n) is 8.00. The number of Topliss-reactive ketones (excluding diaryl/α,β-unsaturated/α-hetero) is 3. The van der Waals surface area contributed by atoms with E-state index < -0.39 is 5.41 Å². The summed E-state index contributed by atoms with van der Waals surface area (Å²) < 4.78 is 0. The number of fused-ring (bicyclic) bond motifs is 3. The number of benzene rings is 2. The van der Waals surface area contributed by atoms with Gasteiger partial charge in [0, 0.05) is 16.6 Å². The second-order valence-electron chi connectivity index (χ2n) is 12.3. The van der Waals surface area contributed by atoms with Crippen LogP contribution < -0.4 is 0 Å². The minimum absolute atomic E-state index is 0.0509. The summed E-state index contributed by atoms with van der Waals surface area (Å²) in [6.07, 6.45) is 2.17. The van der Waals surface area contributed by atoms with Crippen LogP contribution in [0.2, 0.25) is 0 Å². The Labute approximate surface area is 214 Å². The highest BCUT2D eigenvalue weighted by Gasteiger charge is 2.63. The van der Waals surface area contributed by atoms with E-state index in [1.54, 1.807) is 0 Å². The average molecular weight is 481 g/mol. The van der Waals surface area contributed by atoms with Gasteiger partial charge in [-0.15, -0.1) is 0 Å². The third-order valence-corrected chi connectivity index (χ3v) is 9.70. The SMILES string of the molecule is CC(=O)C1=C(C)CC2(C)CC3(C)Cc4c(-c5cccc(C)c5)ccc(C)c4C(=O)C3=C(C)C2(C)C1=O. The molecule has 186 valence electrons. The highest BCUT2D eigenvalue weighted by molar-refractivity contribution is 6.24. The summed E-state index contributed by atoms with van der Waals surface area (Å²) in [4.78, 5) is 40.9. The van der Waals surface area contributed by atoms with E-state index in [4.69, 9.17) is 0 Å². The van der Waals surface area contributed by atoms with Gasteiger partial charge in [-0.1, -0.05) is 67.0 Å². The molecule has 3 nitrogen and oxygen atoms in total. The smallest absolute Gasteiger partial charge is 0.190 e. The molecular weight excluding hydrogens is 444 g/mol. The highest BCUT2D eigenvalue weighted by atomic mass is 16.2. The summed E-state index contributed by atoms with van der Waals surface area (Å²) in [5.74, 6) is -0.238. The summed E-state index contributed by atoms with van der Waals surface area (Å²) in [5, 5.41) is 0. The maximum absolute atomic E-state index is 14.4. The normalized spacial score (nSPS) is 29.7. The lowest BCUT2D eigenvalue weighted by Crippen LogP contribution is -2.57. The molecule has 0 aromatic heterocycles. The predicted molar refractivity (Wildman–Crippen MR) is 144 cm³/mol. The maximum Gasteiger partial charge on any atom is 0.190 e. The Morgan fingerprint density at radius 2 is 1.61 bits per heavy atom. The third kappa shape index (κ3) is 3.07. The van der Waals surface area contributed by atoms with E-state index in [-0.39, 0.29) is 28.2 Å². The van der Waals surface area contributed by atoms with Crippen molar-refractivity contribution in [2.24, 2.45) is 16.2 Å². The van der Waals surface area contributed by atoms with E-state index in [0.29, 0.717) is 12.0 Å². The molecular formula is C33H36O3. The van der Waals surface area contributed by atoms with Crippen LogP contribution in [0, 0.1) is 30.1 Å². The van der Waals surface area contributed by atoms with Gasteiger partial charge in [0.2, 0.25) is 0 Å². The Hall–Kier alpha value is -3.07. The Morgan fingerprint density at radius 3 is 2.25 bits per heavy atom. The van der Waals surface area contributed by atoms with Gasteiger partial charge in [-0.2, -0.15) is 0 Å². The standard InChI is InChI=1S/C33H36O3/c1-18-10-9-11-23(14-18)24-13-12-19(2)27-25(24)16-31(6)17-32(7)15-20(3)26(22(5)34)30(36)33(32,8)21(4)28(31)29(27)35/h9-14H,15-17H2,1-8H3. The van der Waals surface area contributed by atoms with Gasteiger partial charge in [-0.05, 0) is 88.5 Å². The Bertz CT molecular complexity index is 1450. The second-order valence-corrected chi connectivity index (χ2v) is 12.3. The average Bonchev–Trinajstić information content (AvgIpc) is 2.76. The largest absolute Gasteiger partial charge is 0.294 e. The Morgan fingerprint density at radius 1 is 0.917 bits per heavy atom. The van der Waals surface area contributed by atoms with Crippen LogP contribution in [0.4, 0.5) is 0 Å². The molecule has 0 amide bonds. The monoisotopic (exact) mass is 480 g/mol. The van der Waals surface area contributed by atoms with Crippen LogP contribution in [0.1, 0.15) is 81.4 Å². The van der Waals surface area contributed by atoms with Crippen molar-refractivity contribution in [2.45, 2.75) is 74.7 Å². The summed E-state index contributed by atoms with van der Waals surface area (Å²) in [7, 11) is 0. The van der Waals surface area contributed by atoms with Crippen molar-refractivity contribution in [3.63, 3.8) is 0 Å². The molecule has 3 unspecified atom stereocenters. The lowest BCUT2D eigenvalue weighted by atomic mass is 9.42. The van der Waals surface area contributed by atoms with Gasteiger partial charge >= 0.3 is 0 Å². The summed E-state index contributed by atoms with van der Waals surface area (Å²) >= 11 is 0. The van der Waals surface area contributed by atoms with Crippen molar-refractivity contribution < 1.29 is 14.4 Å². The molecule has 0 saturated carbocycles. The molecule has 0 aliphatic heterocycles. The Balaban J connectivity index is 1.77. The van der Waals surface area contributed by atoms with Gasteiger partial charge < -0.3 is 0 Å². The molecule has 3 atom stereocenters. The molecule has 0 N–H and O–H groups in total. The number of carbonyl (C=O) groups is 3. The highest BCUT2D eigenvalue weighted by Crippen LogP contribution is 2.66. The zero-order valence-electron chi connectivity index (χ0n) is 22.8. The zero-order chi connectivity index (χ0) is 26.4. The van der Waals surface area contributed by atoms with Crippen molar-refractivity contribution in [1.82, 2.24) is 0 Å². The summed E-state index contributed by atoms with van der Waals surface area (Å²) in [6.45, 7) is 15.9. The lowest BCUT2D eigenvalue weighted by Gasteiger charge is -2.59. The molecule has 0 saturated heterocycles. The molecule has 0 spiro atoms. The number of allylic oxidation sites excluding steroid dienone is 4. The molecule has 0 bridgehead atoms. The minimum atomic E-state index is -0.877. The fourth-order valence-corrected chi connectivity index (χ4v) is 8.00. The molecule has 3 heteroatoms. The molecule has 2 aromatic carbocycles. The van der Waals surface area contributed by atoms with Crippen molar-refractivity contribution in [3.8, 4) is 11.1 Å². The maximum atomic E-state index is 14.4. The van der Waals surface area contributed by atoms with Crippen LogP contribution in [0.3, 0.4) is 0 Å². The van der Waals surface area contributed by atoms with Crippen molar-refractivity contribution in [3.05, 3.63) is 80.9 Å². The first-order chi connectivity index (χ1) is 16.7. The van der Waals surface area contributed by atoms with Gasteiger partial charge in [0.25, 0.3) is 0 Å². The predicted octanol–water partition coefficient (Wildman–Crippen LogP) is 7.33. The summed E-state index contributed by atoms with van der Waals surface area (Å²) in [6, 6.07) is 12.7. The van der Waals surface area contributed by atoms with E-state index in [9.17, 15) is 14.4 Å². The quantitative estimate of drug-likeness (QED) is 0.423. The van der Waals surface area contributed by atoms with Crippen LogP contribution in [-0.2, 0) is 16.0 Å². The first-order valence-electron chi connectivity index (χ1n) is 13.0. The van der Waals surface area contributed by atoms with Crippen molar-refractivity contribution in [2.75, 3.05) is 0 Å². The van der Waals surface area contributed by atoms with Gasteiger partial charge in [0.05, 0.1) is 11.0 Å². The Kier molecular flexibility index (Phi) is 5.27. The van der Waals surface area contributed by atoms with Gasteiger partial charge in [0.1, 0.15) is 0 Å². The molecule has 3 aliphatic carbocycles. The summed E-state index contributed by atoms with van der Waals surface area (Å²) in [5.41, 5.74) is 7.55. The molecule has 0 heterocycles. The number of rotatable bonds is 2. The molecule has 0 radical (unpaired) electrons. The molecule has 5 rings (SSSR count). The lowest BCUT2D eigenvalue weighted by molar-refractivity contribution is -0.134. The number of carbonyl (C=O) groups excluding carboxylic acids is 3. The molecule has 0 fully saturated rings. The molecule has 3 aliphatic rings. The minimum Gasteiger partial charge on any atom is -0.294 e. The topological polar surface area (TPSA) is 51.2 Å². The zero-order valence-corrected chi connectivity index (χ0v) is 22.8. The van der Waals surface area contributed by atoms with E-state index in [2.05, 4.69) is 51.1 Å². The van der Waals surface area contributed by atoms with E-state index in [0.717, 1.165) is 57.4 Å². The fraction of sp³-hybridized carbons (Fsp3) is 0.424. The first-order valence-corrected chi connectivity index (χ1v) is 13.0. The number of hydrogen-bond acceptors (Lipinski definition) is 3. The first kappa shape index (κ1) is 24.6. The van der Waals surface area contributed by atoms with Gasteiger partial charge in [0.15, 0.2) is 17.3 Å². The van der Waals surface area contributed by atoms with Gasteiger partial charge in [-0.25, -0.2) is 0 Å². The van der Waals surface area contributed by atoms with Gasteiger partial charge in [-0.3, -0.25) is 14.4 Å². The van der Waals surface area contributed by atoms with Crippen LogP contribution in [0.25, 0.3) is 11.1 Å².